The Morgan fingerprint density at radius 1 is 1.24 bits per heavy atom. The lowest BCUT2D eigenvalue weighted by molar-refractivity contribution is -0.116. The van der Waals surface area contributed by atoms with Crippen LogP contribution in [0, 0.1) is 5.82 Å². The van der Waals surface area contributed by atoms with Crippen LogP contribution in [0.4, 0.5) is 10.1 Å². The fraction of sp³-hybridized carbons (Fsp3) is 0.158. The molecule has 29 heavy (non-hydrogen) atoms. The number of nitrogens with one attached hydrogen (secondary N) is 1. The minimum atomic E-state index is -3.81. The molecule has 0 spiro atoms. The van der Waals surface area contributed by atoms with E-state index in [-0.39, 0.29) is 10.6 Å². The SMILES string of the molecule is CN(CC(=O)Nc1cc(F)ccc1Sc1nccn1C)S(=O)(=O)c1ccccc1. The number of anilines is 1. The van der Waals surface area contributed by atoms with Crippen molar-refractivity contribution in [2.75, 3.05) is 18.9 Å². The molecule has 1 N–H and O–H groups in total. The maximum absolute atomic E-state index is 13.7. The number of imidazole rings is 1. The molecule has 0 bridgehead atoms. The zero-order chi connectivity index (χ0) is 21.0. The molecule has 152 valence electrons. The van der Waals surface area contributed by atoms with Gasteiger partial charge in [0.2, 0.25) is 15.9 Å². The number of carbonyl (C=O) groups is 1. The van der Waals surface area contributed by atoms with Gasteiger partial charge >= 0.3 is 0 Å². The van der Waals surface area contributed by atoms with Gasteiger partial charge in [0, 0.05) is 31.4 Å². The molecular formula is C19H19FN4O3S2. The van der Waals surface area contributed by atoms with E-state index in [1.54, 1.807) is 35.2 Å². The number of rotatable bonds is 7. The first-order valence-corrected chi connectivity index (χ1v) is 10.8. The molecule has 1 heterocycles. The summed E-state index contributed by atoms with van der Waals surface area (Å²) in [4.78, 5) is 17.3. The fourth-order valence-corrected chi connectivity index (χ4v) is 4.51. The highest BCUT2D eigenvalue weighted by atomic mass is 32.2. The molecule has 1 aromatic heterocycles. The summed E-state index contributed by atoms with van der Waals surface area (Å²) in [7, 11) is -0.675. The highest BCUT2D eigenvalue weighted by molar-refractivity contribution is 7.99. The number of sulfonamides is 1. The largest absolute Gasteiger partial charge is 0.329 e. The molecule has 0 unspecified atom stereocenters. The summed E-state index contributed by atoms with van der Waals surface area (Å²) in [6.45, 7) is -0.416. The average Bonchev–Trinajstić information content (AvgIpc) is 3.09. The Balaban J connectivity index is 1.75. The predicted molar refractivity (Wildman–Crippen MR) is 109 cm³/mol. The second-order valence-electron chi connectivity index (χ2n) is 6.19. The molecule has 10 heteroatoms. The van der Waals surface area contributed by atoms with Crippen LogP contribution in [0.25, 0.3) is 0 Å². The molecule has 3 rings (SSSR count). The van der Waals surface area contributed by atoms with Gasteiger partial charge in [0.05, 0.1) is 17.1 Å². The summed E-state index contributed by atoms with van der Waals surface area (Å²) >= 11 is 1.26. The van der Waals surface area contributed by atoms with Gasteiger partial charge < -0.3 is 9.88 Å². The smallest absolute Gasteiger partial charge is 0.243 e. The Kier molecular flexibility index (Phi) is 6.36. The minimum absolute atomic E-state index is 0.0899. The second-order valence-corrected chi connectivity index (χ2v) is 9.24. The van der Waals surface area contributed by atoms with Crippen molar-refractivity contribution < 1.29 is 17.6 Å². The van der Waals surface area contributed by atoms with Crippen LogP contribution < -0.4 is 5.32 Å². The zero-order valence-electron chi connectivity index (χ0n) is 15.7. The molecule has 0 radical (unpaired) electrons. The Labute approximate surface area is 172 Å². The number of likely N-dealkylation sites (N-methyl/N-ethyl adjacent to an activating group) is 1. The topological polar surface area (TPSA) is 84.3 Å². The van der Waals surface area contributed by atoms with Crippen LogP contribution in [0.3, 0.4) is 0 Å². The summed E-state index contributed by atoms with van der Waals surface area (Å²) in [6, 6.07) is 11.8. The molecule has 0 saturated heterocycles. The Morgan fingerprint density at radius 2 is 1.97 bits per heavy atom. The molecule has 2 aromatic carbocycles. The Bertz CT molecular complexity index is 1120. The fourth-order valence-electron chi connectivity index (χ4n) is 2.49. The van der Waals surface area contributed by atoms with Crippen molar-refractivity contribution in [3.8, 4) is 0 Å². The average molecular weight is 435 g/mol. The quantitative estimate of drug-likeness (QED) is 0.618. The monoisotopic (exact) mass is 434 g/mol. The number of carbonyl (C=O) groups excluding carboxylic acids is 1. The van der Waals surface area contributed by atoms with E-state index in [9.17, 15) is 17.6 Å². The van der Waals surface area contributed by atoms with E-state index in [1.165, 1.54) is 49.1 Å². The van der Waals surface area contributed by atoms with Crippen molar-refractivity contribution in [1.82, 2.24) is 13.9 Å². The van der Waals surface area contributed by atoms with Crippen LogP contribution in [0.5, 0.6) is 0 Å². The lowest BCUT2D eigenvalue weighted by atomic mass is 10.3. The van der Waals surface area contributed by atoms with Gasteiger partial charge in [-0.2, -0.15) is 4.31 Å². The lowest BCUT2D eigenvalue weighted by Crippen LogP contribution is -2.35. The number of halogens is 1. The highest BCUT2D eigenvalue weighted by Gasteiger charge is 2.23. The molecule has 0 aliphatic heterocycles. The van der Waals surface area contributed by atoms with E-state index < -0.39 is 28.3 Å². The number of hydrogen-bond acceptors (Lipinski definition) is 5. The van der Waals surface area contributed by atoms with E-state index >= 15 is 0 Å². The van der Waals surface area contributed by atoms with Crippen molar-refractivity contribution in [3.05, 3.63) is 66.7 Å². The molecule has 0 saturated carbocycles. The van der Waals surface area contributed by atoms with Crippen LogP contribution in [-0.2, 0) is 21.9 Å². The van der Waals surface area contributed by atoms with Gasteiger partial charge in [0.25, 0.3) is 0 Å². The zero-order valence-corrected chi connectivity index (χ0v) is 17.4. The van der Waals surface area contributed by atoms with Crippen molar-refractivity contribution in [2.45, 2.75) is 14.9 Å². The Morgan fingerprint density at radius 3 is 2.62 bits per heavy atom. The standard InChI is InChI=1S/C19H19FN4O3S2/c1-23-11-10-21-19(23)28-17-9-8-14(20)12-16(17)22-18(25)13-24(2)29(26,27)15-6-4-3-5-7-15/h3-12H,13H2,1-2H3,(H,22,25). The van der Waals surface area contributed by atoms with Crippen LogP contribution in [0.15, 0.2) is 75.9 Å². The number of aryl methyl sites for hydroxylation is 1. The molecular weight excluding hydrogens is 415 g/mol. The molecule has 0 aliphatic carbocycles. The lowest BCUT2D eigenvalue weighted by Gasteiger charge is -2.17. The maximum Gasteiger partial charge on any atom is 0.243 e. The summed E-state index contributed by atoms with van der Waals surface area (Å²) in [5, 5.41) is 3.26. The first-order valence-electron chi connectivity index (χ1n) is 8.53. The van der Waals surface area contributed by atoms with Gasteiger partial charge in [-0.05, 0) is 42.1 Å². The maximum atomic E-state index is 13.7. The third-order valence-corrected chi connectivity index (χ3v) is 6.98. The molecule has 7 nitrogen and oxygen atoms in total. The summed E-state index contributed by atoms with van der Waals surface area (Å²) in [5.74, 6) is -1.10. The first-order chi connectivity index (χ1) is 13.8. The molecule has 0 aliphatic rings. The van der Waals surface area contributed by atoms with Crippen LogP contribution in [0.2, 0.25) is 0 Å². The number of benzene rings is 2. The van der Waals surface area contributed by atoms with Gasteiger partial charge in [0.15, 0.2) is 5.16 Å². The normalized spacial score (nSPS) is 11.6. The van der Waals surface area contributed by atoms with E-state index in [0.29, 0.717) is 10.1 Å². The van der Waals surface area contributed by atoms with Crippen molar-refractivity contribution >= 4 is 33.4 Å². The van der Waals surface area contributed by atoms with Crippen molar-refractivity contribution in [3.63, 3.8) is 0 Å². The predicted octanol–water partition coefficient (Wildman–Crippen LogP) is 2.97. The number of hydrogen-bond donors (Lipinski definition) is 1. The molecule has 1 amide bonds. The van der Waals surface area contributed by atoms with Gasteiger partial charge in [-0.1, -0.05) is 18.2 Å². The van der Waals surface area contributed by atoms with Crippen LogP contribution in [-0.4, -0.2) is 41.8 Å². The summed E-state index contributed by atoms with van der Waals surface area (Å²) < 4.78 is 41.6. The van der Waals surface area contributed by atoms with E-state index in [1.807, 2.05) is 7.05 Å². The van der Waals surface area contributed by atoms with Gasteiger partial charge in [0.1, 0.15) is 5.82 Å². The van der Waals surface area contributed by atoms with Crippen LogP contribution >= 0.6 is 11.8 Å². The van der Waals surface area contributed by atoms with E-state index in [0.717, 1.165) is 4.31 Å². The number of aromatic nitrogens is 2. The van der Waals surface area contributed by atoms with Gasteiger partial charge in [-0.25, -0.2) is 17.8 Å². The van der Waals surface area contributed by atoms with Gasteiger partial charge in [-0.3, -0.25) is 4.79 Å². The summed E-state index contributed by atoms with van der Waals surface area (Å²) in [5.41, 5.74) is 0.244. The van der Waals surface area contributed by atoms with Crippen LogP contribution in [0.1, 0.15) is 0 Å². The highest BCUT2D eigenvalue weighted by Crippen LogP contribution is 2.33. The van der Waals surface area contributed by atoms with Crippen molar-refractivity contribution in [2.24, 2.45) is 7.05 Å². The van der Waals surface area contributed by atoms with Gasteiger partial charge in [-0.15, -0.1) is 0 Å². The number of amides is 1. The third-order valence-electron chi connectivity index (χ3n) is 4.01. The Hall–Kier alpha value is -2.69. The molecule has 0 fully saturated rings. The second kappa shape index (κ2) is 8.76. The summed E-state index contributed by atoms with van der Waals surface area (Å²) in [6.07, 6.45) is 3.40. The molecule has 3 aromatic rings. The van der Waals surface area contributed by atoms with E-state index in [4.69, 9.17) is 0 Å². The van der Waals surface area contributed by atoms with Crippen molar-refractivity contribution in [1.29, 1.82) is 0 Å². The molecule has 0 atom stereocenters. The number of nitrogens with zero attached hydrogens (tertiary/aromatic N) is 3. The first kappa shape index (κ1) is 21.0. The third kappa shape index (κ3) is 5.03. The minimum Gasteiger partial charge on any atom is -0.329 e. The van der Waals surface area contributed by atoms with E-state index in [2.05, 4.69) is 10.3 Å².